The van der Waals surface area contributed by atoms with Gasteiger partial charge in [0.05, 0.1) is 16.3 Å². The highest BCUT2D eigenvalue weighted by molar-refractivity contribution is 7.89. The van der Waals surface area contributed by atoms with E-state index in [1.54, 1.807) is 12.1 Å². The van der Waals surface area contributed by atoms with Gasteiger partial charge in [-0.05, 0) is 45.1 Å². The van der Waals surface area contributed by atoms with Crippen LogP contribution in [0.4, 0.5) is 11.4 Å². The van der Waals surface area contributed by atoms with E-state index in [-0.39, 0.29) is 4.90 Å². The van der Waals surface area contributed by atoms with Gasteiger partial charge in [0.1, 0.15) is 0 Å². The molecule has 7 heteroatoms. The number of rotatable bonds is 3. The molecule has 2 rings (SSSR count). The molecule has 1 fully saturated rings. The fourth-order valence-corrected chi connectivity index (χ4v) is 3.13. The van der Waals surface area contributed by atoms with Crippen molar-refractivity contribution < 1.29 is 8.42 Å². The van der Waals surface area contributed by atoms with Gasteiger partial charge in [-0.1, -0.05) is 0 Å². The molecule has 0 spiro atoms. The van der Waals surface area contributed by atoms with Gasteiger partial charge in [0.2, 0.25) is 10.0 Å². The van der Waals surface area contributed by atoms with Gasteiger partial charge in [-0.3, -0.25) is 0 Å². The lowest BCUT2D eigenvalue weighted by atomic mass is 10.0. The Balaban J connectivity index is 2.22. The molecule has 6 nitrogen and oxygen atoms in total. The number of hydrogen-bond acceptors (Lipinski definition) is 5. The molecule has 1 saturated heterocycles. The molecule has 4 N–H and O–H groups in total. The summed E-state index contributed by atoms with van der Waals surface area (Å²) in [7, 11) is 0.464. The SMILES string of the molecule is CN(C)C1CCN(c2cc(S(N)(=O)=O)ccc2N)CC1. The Morgan fingerprint density at radius 2 is 1.85 bits per heavy atom. The highest BCUT2D eigenvalue weighted by atomic mass is 32.2. The zero-order chi connectivity index (χ0) is 14.9. The van der Waals surface area contributed by atoms with Crippen molar-refractivity contribution in [2.45, 2.75) is 23.8 Å². The van der Waals surface area contributed by atoms with E-state index in [0.29, 0.717) is 11.7 Å². The number of primary sulfonamides is 1. The number of benzene rings is 1. The lowest BCUT2D eigenvalue weighted by Gasteiger charge is -2.37. The highest BCUT2D eigenvalue weighted by Gasteiger charge is 2.22. The van der Waals surface area contributed by atoms with Gasteiger partial charge >= 0.3 is 0 Å². The molecule has 20 heavy (non-hydrogen) atoms. The van der Waals surface area contributed by atoms with Crippen molar-refractivity contribution in [2.75, 3.05) is 37.8 Å². The van der Waals surface area contributed by atoms with Crippen LogP contribution in [0.2, 0.25) is 0 Å². The first-order valence-corrected chi connectivity index (χ1v) is 8.17. The van der Waals surface area contributed by atoms with Gasteiger partial charge < -0.3 is 15.5 Å². The van der Waals surface area contributed by atoms with Crippen LogP contribution < -0.4 is 15.8 Å². The van der Waals surface area contributed by atoms with Crippen LogP contribution in [0.5, 0.6) is 0 Å². The van der Waals surface area contributed by atoms with Crippen LogP contribution in [0.25, 0.3) is 0 Å². The summed E-state index contributed by atoms with van der Waals surface area (Å²) in [6.45, 7) is 1.72. The third-order valence-electron chi connectivity index (χ3n) is 3.87. The molecule has 1 aliphatic heterocycles. The molecule has 0 amide bonds. The Kier molecular flexibility index (Phi) is 4.22. The van der Waals surface area contributed by atoms with Crippen molar-refractivity contribution >= 4 is 21.4 Å². The van der Waals surface area contributed by atoms with E-state index in [1.807, 2.05) is 0 Å². The van der Waals surface area contributed by atoms with Crippen LogP contribution >= 0.6 is 0 Å². The number of anilines is 2. The molecule has 0 bridgehead atoms. The summed E-state index contributed by atoms with van der Waals surface area (Å²) in [5, 5.41) is 5.17. The molecule has 0 unspecified atom stereocenters. The minimum absolute atomic E-state index is 0.108. The maximum Gasteiger partial charge on any atom is 0.238 e. The molecule has 0 aromatic heterocycles. The molecular weight excluding hydrogens is 276 g/mol. The smallest absolute Gasteiger partial charge is 0.238 e. The number of sulfonamides is 1. The van der Waals surface area contributed by atoms with Gasteiger partial charge in [-0.25, -0.2) is 13.6 Å². The fourth-order valence-electron chi connectivity index (χ4n) is 2.60. The van der Waals surface area contributed by atoms with Crippen LogP contribution in [-0.4, -0.2) is 46.5 Å². The molecule has 1 aromatic carbocycles. The van der Waals surface area contributed by atoms with Crippen molar-refractivity contribution in [1.29, 1.82) is 0 Å². The van der Waals surface area contributed by atoms with Crippen molar-refractivity contribution in [2.24, 2.45) is 5.14 Å². The predicted octanol–water partition coefficient (Wildman–Crippen LogP) is 0.447. The first-order valence-electron chi connectivity index (χ1n) is 6.63. The number of nitrogens with zero attached hydrogens (tertiary/aromatic N) is 2. The molecule has 0 radical (unpaired) electrons. The maximum atomic E-state index is 11.4. The maximum absolute atomic E-state index is 11.4. The van der Waals surface area contributed by atoms with Crippen molar-refractivity contribution in [3.8, 4) is 0 Å². The molecular formula is C13H22N4O2S. The monoisotopic (exact) mass is 298 g/mol. The lowest BCUT2D eigenvalue weighted by molar-refractivity contribution is 0.250. The Bertz CT molecular complexity index is 578. The molecule has 0 saturated carbocycles. The minimum atomic E-state index is -3.70. The lowest BCUT2D eigenvalue weighted by Crippen LogP contribution is -2.42. The largest absolute Gasteiger partial charge is 0.397 e. The van der Waals surface area contributed by atoms with Gasteiger partial charge in [-0.15, -0.1) is 0 Å². The van der Waals surface area contributed by atoms with E-state index in [4.69, 9.17) is 10.9 Å². The Labute approximate surface area is 120 Å². The molecule has 0 aliphatic carbocycles. The third kappa shape index (κ3) is 3.23. The third-order valence-corrected chi connectivity index (χ3v) is 4.78. The average Bonchev–Trinajstić information content (AvgIpc) is 2.38. The molecule has 1 aliphatic rings. The molecule has 1 heterocycles. The molecule has 0 atom stereocenters. The summed E-state index contributed by atoms with van der Waals surface area (Å²) >= 11 is 0. The zero-order valence-corrected chi connectivity index (χ0v) is 12.7. The topological polar surface area (TPSA) is 92.7 Å². The number of hydrogen-bond donors (Lipinski definition) is 2. The van der Waals surface area contributed by atoms with Crippen LogP contribution in [0.15, 0.2) is 23.1 Å². The van der Waals surface area contributed by atoms with E-state index >= 15 is 0 Å². The van der Waals surface area contributed by atoms with E-state index in [2.05, 4.69) is 23.9 Å². The number of nitrogen functional groups attached to an aromatic ring is 1. The van der Waals surface area contributed by atoms with Gasteiger partial charge in [-0.2, -0.15) is 0 Å². The Hall–Kier alpha value is -1.31. The average molecular weight is 298 g/mol. The standard InChI is InChI=1S/C13H22N4O2S/c1-16(2)10-5-7-17(8-6-10)13-9-11(20(15,18)19)3-4-12(13)14/h3-4,9-10H,5-8,14H2,1-2H3,(H2,15,18,19). The molecule has 112 valence electrons. The Morgan fingerprint density at radius 3 is 2.35 bits per heavy atom. The van der Waals surface area contributed by atoms with Crippen LogP contribution in [0.1, 0.15) is 12.8 Å². The summed E-state index contributed by atoms with van der Waals surface area (Å²) < 4.78 is 22.9. The number of piperidine rings is 1. The normalized spacial score (nSPS) is 17.7. The minimum Gasteiger partial charge on any atom is -0.397 e. The van der Waals surface area contributed by atoms with E-state index in [0.717, 1.165) is 31.6 Å². The van der Waals surface area contributed by atoms with Gasteiger partial charge in [0.25, 0.3) is 0 Å². The number of nitrogens with two attached hydrogens (primary N) is 2. The molecule has 1 aromatic rings. The second kappa shape index (κ2) is 5.59. The predicted molar refractivity (Wildman–Crippen MR) is 81.1 cm³/mol. The van der Waals surface area contributed by atoms with Crippen LogP contribution in [0.3, 0.4) is 0 Å². The van der Waals surface area contributed by atoms with E-state index < -0.39 is 10.0 Å². The summed E-state index contributed by atoms with van der Waals surface area (Å²) in [5.41, 5.74) is 7.31. The summed E-state index contributed by atoms with van der Waals surface area (Å²) in [6, 6.07) is 5.18. The second-order valence-electron chi connectivity index (χ2n) is 5.45. The quantitative estimate of drug-likeness (QED) is 0.790. The van der Waals surface area contributed by atoms with Crippen molar-refractivity contribution in [1.82, 2.24) is 4.90 Å². The second-order valence-corrected chi connectivity index (χ2v) is 7.01. The zero-order valence-electron chi connectivity index (χ0n) is 11.9. The van der Waals surface area contributed by atoms with Gasteiger partial charge in [0, 0.05) is 19.1 Å². The summed E-state index contributed by atoms with van der Waals surface area (Å²) in [6.07, 6.45) is 2.07. The van der Waals surface area contributed by atoms with Gasteiger partial charge in [0.15, 0.2) is 0 Å². The summed E-state index contributed by atoms with van der Waals surface area (Å²) in [5.74, 6) is 0. The Morgan fingerprint density at radius 1 is 1.25 bits per heavy atom. The van der Waals surface area contributed by atoms with E-state index in [9.17, 15) is 8.42 Å². The van der Waals surface area contributed by atoms with E-state index in [1.165, 1.54) is 6.07 Å². The van der Waals surface area contributed by atoms with Crippen molar-refractivity contribution in [3.63, 3.8) is 0 Å². The summed E-state index contributed by atoms with van der Waals surface area (Å²) in [4.78, 5) is 4.46. The first kappa shape index (κ1) is 15.1. The van der Waals surface area contributed by atoms with Crippen LogP contribution in [-0.2, 0) is 10.0 Å². The first-order chi connectivity index (χ1) is 9.29. The fraction of sp³-hybridized carbons (Fsp3) is 0.538. The highest BCUT2D eigenvalue weighted by Crippen LogP contribution is 2.29. The van der Waals surface area contributed by atoms with Crippen LogP contribution in [0, 0.1) is 0 Å². The van der Waals surface area contributed by atoms with Crippen molar-refractivity contribution in [3.05, 3.63) is 18.2 Å².